The molecule has 1 saturated heterocycles. The topological polar surface area (TPSA) is 41.6 Å². The van der Waals surface area contributed by atoms with Gasteiger partial charge in [0.15, 0.2) is 0 Å². The van der Waals surface area contributed by atoms with Crippen LogP contribution in [0.2, 0.25) is 0 Å². The van der Waals surface area contributed by atoms with Gasteiger partial charge in [-0.1, -0.05) is 25.1 Å². The Bertz CT molecular complexity index is 568. The van der Waals surface area contributed by atoms with Crippen LogP contribution in [0.15, 0.2) is 36.4 Å². The predicted molar refractivity (Wildman–Crippen MR) is 92.6 cm³/mol. The van der Waals surface area contributed by atoms with Crippen LogP contribution in [0.4, 0.5) is 5.69 Å². The van der Waals surface area contributed by atoms with Crippen molar-refractivity contribution in [2.75, 3.05) is 25.5 Å². The van der Waals surface area contributed by atoms with Gasteiger partial charge in [0, 0.05) is 24.8 Å². The fourth-order valence-corrected chi connectivity index (χ4v) is 3.67. The maximum atomic E-state index is 12.9. The molecule has 0 saturated carbocycles. The van der Waals surface area contributed by atoms with E-state index in [1.165, 1.54) is 0 Å². The second kappa shape index (κ2) is 7.07. The summed E-state index contributed by atoms with van der Waals surface area (Å²) >= 11 is 0. The quantitative estimate of drug-likeness (QED) is 0.848. The predicted octanol–water partition coefficient (Wildman–Crippen LogP) is 3.31. The van der Waals surface area contributed by atoms with Gasteiger partial charge < -0.3 is 15.0 Å². The SMILES string of the molecule is CC[C@@H](Nc1cccc(OC)c1)C(=O)N1C[C@H]2CC=CC[C@H]2C1. The molecule has 1 heterocycles. The summed E-state index contributed by atoms with van der Waals surface area (Å²) in [6, 6.07) is 7.59. The summed E-state index contributed by atoms with van der Waals surface area (Å²) in [6.07, 6.45) is 7.55. The minimum absolute atomic E-state index is 0.171. The second-order valence-electron chi connectivity index (χ2n) is 6.54. The van der Waals surface area contributed by atoms with E-state index < -0.39 is 0 Å². The molecular formula is C19H26N2O2. The zero-order valence-electron chi connectivity index (χ0n) is 14.0. The number of carbonyl (C=O) groups is 1. The number of likely N-dealkylation sites (tertiary alicyclic amines) is 1. The van der Waals surface area contributed by atoms with Crippen molar-refractivity contribution in [1.82, 2.24) is 4.90 Å². The third-order valence-corrected chi connectivity index (χ3v) is 5.05. The molecule has 1 amide bonds. The van der Waals surface area contributed by atoms with E-state index in [9.17, 15) is 4.79 Å². The number of nitrogens with one attached hydrogen (secondary N) is 1. The lowest BCUT2D eigenvalue weighted by atomic mass is 9.86. The molecule has 4 nitrogen and oxygen atoms in total. The minimum atomic E-state index is -0.171. The van der Waals surface area contributed by atoms with Gasteiger partial charge in [-0.05, 0) is 43.2 Å². The Morgan fingerprint density at radius 2 is 2.00 bits per heavy atom. The van der Waals surface area contributed by atoms with Crippen LogP contribution >= 0.6 is 0 Å². The van der Waals surface area contributed by atoms with Gasteiger partial charge in [-0.3, -0.25) is 4.79 Å². The molecule has 3 rings (SSSR count). The zero-order chi connectivity index (χ0) is 16.2. The fourth-order valence-electron chi connectivity index (χ4n) is 3.67. The van der Waals surface area contributed by atoms with Gasteiger partial charge >= 0.3 is 0 Å². The van der Waals surface area contributed by atoms with Crippen LogP contribution in [0.1, 0.15) is 26.2 Å². The molecule has 1 N–H and O–H groups in total. The summed E-state index contributed by atoms with van der Waals surface area (Å²) in [5, 5.41) is 3.37. The number of methoxy groups -OCH3 is 1. The van der Waals surface area contributed by atoms with E-state index in [1.54, 1.807) is 7.11 Å². The molecule has 0 radical (unpaired) electrons. The van der Waals surface area contributed by atoms with Crippen molar-refractivity contribution in [2.24, 2.45) is 11.8 Å². The molecule has 1 aliphatic heterocycles. The largest absolute Gasteiger partial charge is 0.497 e. The van der Waals surface area contributed by atoms with Crippen molar-refractivity contribution >= 4 is 11.6 Å². The van der Waals surface area contributed by atoms with Crippen molar-refractivity contribution in [2.45, 2.75) is 32.2 Å². The Balaban J connectivity index is 1.65. The van der Waals surface area contributed by atoms with E-state index >= 15 is 0 Å². The molecule has 1 aliphatic carbocycles. The first kappa shape index (κ1) is 15.9. The fraction of sp³-hybridized carbons (Fsp3) is 0.526. The van der Waals surface area contributed by atoms with Gasteiger partial charge in [0.1, 0.15) is 11.8 Å². The molecule has 0 unspecified atom stereocenters. The lowest BCUT2D eigenvalue weighted by Crippen LogP contribution is -2.41. The van der Waals surface area contributed by atoms with Gasteiger partial charge in [0.2, 0.25) is 5.91 Å². The standard InChI is InChI=1S/C19H26N2O2/c1-3-18(20-16-9-6-10-17(11-16)23-2)19(22)21-12-14-7-4-5-8-15(14)13-21/h4-6,9-11,14-15,18,20H,3,7-8,12-13H2,1-2H3/t14-,15+,18-/m1/s1. The third-order valence-electron chi connectivity index (χ3n) is 5.05. The lowest BCUT2D eigenvalue weighted by Gasteiger charge is -2.24. The van der Waals surface area contributed by atoms with E-state index in [0.717, 1.165) is 43.8 Å². The summed E-state index contributed by atoms with van der Waals surface area (Å²) in [5.41, 5.74) is 0.933. The number of amides is 1. The number of allylic oxidation sites excluding steroid dienone is 2. The summed E-state index contributed by atoms with van der Waals surface area (Å²) < 4.78 is 5.25. The highest BCUT2D eigenvalue weighted by Crippen LogP contribution is 2.33. The van der Waals surface area contributed by atoms with Crippen LogP contribution in [-0.4, -0.2) is 37.0 Å². The maximum absolute atomic E-state index is 12.9. The highest BCUT2D eigenvalue weighted by atomic mass is 16.5. The average molecular weight is 314 g/mol. The van der Waals surface area contributed by atoms with E-state index in [4.69, 9.17) is 4.74 Å². The molecule has 3 atom stereocenters. The number of ether oxygens (including phenoxy) is 1. The first-order valence-corrected chi connectivity index (χ1v) is 8.55. The molecule has 1 aromatic rings. The van der Waals surface area contributed by atoms with Crippen LogP contribution in [0.3, 0.4) is 0 Å². The maximum Gasteiger partial charge on any atom is 0.245 e. The van der Waals surface area contributed by atoms with Crippen molar-refractivity contribution in [3.8, 4) is 5.75 Å². The summed E-state index contributed by atoms with van der Waals surface area (Å²) in [5.74, 6) is 2.33. The van der Waals surface area contributed by atoms with Crippen molar-refractivity contribution in [1.29, 1.82) is 0 Å². The van der Waals surface area contributed by atoms with Gasteiger partial charge in [0.05, 0.1) is 7.11 Å². The molecule has 124 valence electrons. The van der Waals surface area contributed by atoms with Gasteiger partial charge in [-0.25, -0.2) is 0 Å². The Hall–Kier alpha value is -1.97. The number of rotatable bonds is 5. The van der Waals surface area contributed by atoms with Gasteiger partial charge in [-0.2, -0.15) is 0 Å². The molecular weight excluding hydrogens is 288 g/mol. The number of hydrogen-bond acceptors (Lipinski definition) is 3. The molecule has 1 fully saturated rings. The van der Waals surface area contributed by atoms with Crippen LogP contribution in [0.5, 0.6) is 5.75 Å². The van der Waals surface area contributed by atoms with Crippen molar-refractivity contribution < 1.29 is 9.53 Å². The zero-order valence-corrected chi connectivity index (χ0v) is 14.0. The minimum Gasteiger partial charge on any atom is -0.497 e. The van der Waals surface area contributed by atoms with Crippen LogP contribution < -0.4 is 10.1 Å². The average Bonchev–Trinajstić information content (AvgIpc) is 3.03. The number of hydrogen-bond donors (Lipinski definition) is 1. The normalized spacial score (nSPS) is 24.2. The summed E-state index contributed by atoms with van der Waals surface area (Å²) in [6.45, 7) is 3.87. The molecule has 2 aliphatic rings. The monoisotopic (exact) mass is 314 g/mol. The molecule has 1 aromatic carbocycles. The van der Waals surface area contributed by atoms with Gasteiger partial charge in [-0.15, -0.1) is 0 Å². The number of benzene rings is 1. The molecule has 0 aromatic heterocycles. The smallest absolute Gasteiger partial charge is 0.245 e. The number of fused-ring (bicyclic) bond motifs is 1. The number of nitrogens with zero attached hydrogens (tertiary/aromatic N) is 1. The van der Waals surface area contributed by atoms with E-state index in [1.807, 2.05) is 24.3 Å². The summed E-state index contributed by atoms with van der Waals surface area (Å²) in [7, 11) is 1.65. The lowest BCUT2D eigenvalue weighted by molar-refractivity contribution is -0.131. The molecule has 0 spiro atoms. The van der Waals surface area contributed by atoms with E-state index in [0.29, 0.717) is 11.8 Å². The Morgan fingerprint density at radius 3 is 2.61 bits per heavy atom. The number of carbonyl (C=O) groups excluding carboxylic acids is 1. The second-order valence-corrected chi connectivity index (χ2v) is 6.54. The molecule has 23 heavy (non-hydrogen) atoms. The van der Waals surface area contributed by atoms with E-state index in [-0.39, 0.29) is 11.9 Å². The highest BCUT2D eigenvalue weighted by molar-refractivity contribution is 5.85. The van der Waals surface area contributed by atoms with Crippen LogP contribution in [-0.2, 0) is 4.79 Å². The van der Waals surface area contributed by atoms with Crippen molar-refractivity contribution in [3.63, 3.8) is 0 Å². The molecule has 4 heteroatoms. The Kier molecular flexibility index (Phi) is 4.89. The highest BCUT2D eigenvalue weighted by Gasteiger charge is 2.36. The number of anilines is 1. The Morgan fingerprint density at radius 1 is 1.30 bits per heavy atom. The first-order chi connectivity index (χ1) is 11.2. The first-order valence-electron chi connectivity index (χ1n) is 8.55. The van der Waals surface area contributed by atoms with Crippen molar-refractivity contribution in [3.05, 3.63) is 36.4 Å². The Labute approximate surface area is 138 Å². The third kappa shape index (κ3) is 3.52. The summed E-state index contributed by atoms with van der Waals surface area (Å²) in [4.78, 5) is 14.9. The van der Waals surface area contributed by atoms with Crippen LogP contribution in [0.25, 0.3) is 0 Å². The molecule has 0 bridgehead atoms. The van der Waals surface area contributed by atoms with Crippen LogP contribution in [0, 0.1) is 11.8 Å². The van der Waals surface area contributed by atoms with Gasteiger partial charge in [0.25, 0.3) is 0 Å². The van der Waals surface area contributed by atoms with E-state index in [2.05, 4.69) is 29.3 Å².